The molecule has 0 spiro atoms. The Morgan fingerprint density at radius 3 is 2.87 bits per heavy atom. The van der Waals surface area contributed by atoms with Gasteiger partial charge in [0.05, 0.1) is 6.10 Å². The molecule has 2 rings (SSSR count). The van der Waals surface area contributed by atoms with Gasteiger partial charge in [-0.1, -0.05) is 11.6 Å². The Morgan fingerprint density at radius 2 is 2.20 bits per heavy atom. The van der Waals surface area contributed by atoms with Crippen LogP contribution in [0, 0.1) is 0 Å². The molecule has 1 aromatic carbocycles. The van der Waals surface area contributed by atoms with Crippen molar-refractivity contribution in [3.63, 3.8) is 0 Å². The molecule has 82 valence electrons. The van der Waals surface area contributed by atoms with Crippen molar-refractivity contribution >= 4 is 23.0 Å². The summed E-state index contributed by atoms with van der Waals surface area (Å²) in [5.41, 5.74) is 7.39. The third-order valence-electron chi connectivity index (χ3n) is 2.67. The third kappa shape index (κ3) is 2.55. The zero-order valence-electron chi connectivity index (χ0n) is 8.49. The summed E-state index contributed by atoms with van der Waals surface area (Å²) in [6, 6.07) is 5.51. The summed E-state index contributed by atoms with van der Waals surface area (Å²) in [6.07, 6.45) is 1.65. The summed E-state index contributed by atoms with van der Waals surface area (Å²) in [4.78, 5) is 2.12. The highest BCUT2D eigenvalue weighted by atomic mass is 35.5. The zero-order valence-corrected chi connectivity index (χ0v) is 9.24. The number of halogens is 1. The molecule has 1 aromatic rings. The molecule has 4 heteroatoms. The van der Waals surface area contributed by atoms with Crippen LogP contribution in [0.4, 0.5) is 11.4 Å². The molecule has 0 saturated carbocycles. The Balaban J connectivity index is 2.20. The second-order valence-electron chi connectivity index (χ2n) is 3.98. The lowest BCUT2D eigenvalue weighted by molar-refractivity contribution is 0.154. The normalized spacial score (nSPS) is 21.7. The molecule has 1 unspecified atom stereocenters. The topological polar surface area (TPSA) is 49.5 Å². The van der Waals surface area contributed by atoms with Crippen LogP contribution in [0.2, 0.25) is 5.02 Å². The molecule has 3 N–H and O–H groups in total. The monoisotopic (exact) mass is 226 g/mol. The van der Waals surface area contributed by atoms with Crippen LogP contribution in [0.1, 0.15) is 12.8 Å². The van der Waals surface area contributed by atoms with E-state index in [1.807, 2.05) is 12.1 Å². The number of aliphatic hydroxyl groups is 1. The van der Waals surface area contributed by atoms with Gasteiger partial charge in [-0.3, -0.25) is 0 Å². The molecule has 1 heterocycles. The van der Waals surface area contributed by atoms with E-state index in [0.29, 0.717) is 17.3 Å². The Kier molecular flexibility index (Phi) is 3.03. The van der Waals surface area contributed by atoms with E-state index in [2.05, 4.69) is 4.90 Å². The summed E-state index contributed by atoms with van der Waals surface area (Å²) >= 11 is 5.94. The van der Waals surface area contributed by atoms with Gasteiger partial charge in [-0.2, -0.15) is 0 Å². The molecule has 3 nitrogen and oxygen atoms in total. The van der Waals surface area contributed by atoms with E-state index in [1.165, 1.54) is 0 Å². The van der Waals surface area contributed by atoms with Crippen molar-refractivity contribution in [2.24, 2.45) is 0 Å². The van der Waals surface area contributed by atoms with Crippen molar-refractivity contribution in [1.29, 1.82) is 0 Å². The van der Waals surface area contributed by atoms with Gasteiger partial charge in [-0.15, -0.1) is 0 Å². The van der Waals surface area contributed by atoms with Crippen LogP contribution >= 0.6 is 11.6 Å². The third-order valence-corrected chi connectivity index (χ3v) is 2.88. The van der Waals surface area contributed by atoms with Crippen LogP contribution in [0.15, 0.2) is 18.2 Å². The first-order valence-electron chi connectivity index (χ1n) is 5.14. The Labute approximate surface area is 94.4 Å². The van der Waals surface area contributed by atoms with Crippen LogP contribution in [0.25, 0.3) is 0 Å². The molecule has 1 atom stereocenters. The standard InChI is InChI=1S/C11H15ClN2O/c12-8-4-9(13)6-10(5-8)14-3-1-2-11(15)7-14/h4-6,11,15H,1-3,7,13H2. The molecule has 15 heavy (non-hydrogen) atoms. The van der Waals surface area contributed by atoms with Crippen LogP contribution in [-0.2, 0) is 0 Å². The lowest BCUT2D eigenvalue weighted by Gasteiger charge is -2.32. The number of rotatable bonds is 1. The maximum atomic E-state index is 9.57. The average Bonchev–Trinajstić information content (AvgIpc) is 2.16. The second-order valence-corrected chi connectivity index (χ2v) is 4.42. The van der Waals surface area contributed by atoms with E-state index in [0.717, 1.165) is 25.1 Å². The number of hydrogen-bond acceptors (Lipinski definition) is 3. The molecule has 1 fully saturated rings. The molecule has 0 radical (unpaired) electrons. The quantitative estimate of drug-likeness (QED) is 0.719. The fourth-order valence-electron chi connectivity index (χ4n) is 1.97. The minimum absolute atomic E-state index is 0.237. The van der Waals surface area contributed by atoms with E-state index in [9.17, 15) is 5.11 Å². The summed E-state index contributed by atoms with van der Waals surface area (Å²) in [5.74, 6) is 0. The van der Waals surface area contributed by atoms with Crippen LogP contribution in [0.5, 0.6) is 0 Å². The van der Waals surface area contributed by atoms with Crippen molar-refractivity contribution in [2.75, 3.05) is 23.7 Å². The zero-order chi connectivity index (χ0) is 10.8. The highest BCUT2D eigenvalue weighted by Crippen LogP contribution is 2.26. The largest absolute Gasteiger partial charge is 0.399 e. The maximum Gasteiger partial charge on any atom is 0.0715 e. The molecule has 1 aliphatic rings. The molecule has 1 aliphatic heterocycles. The van der Waals surface area contributed by atoms with Gasteiger partial charge < -0.3 is 15.7 Å². The van der Waals surface area contributed by atoms with Gasteiger partial charge >= 0.3 is 0 Å². The molecule has 1 saturated heterocycles. The Morgan fingerprint density at radius 1 is 1.40 bits per heavy atom. The van der Waals surface area contributed by atoms with Gasteiger partial charge in [0, 0.05) is 29.5 Å². The lowest BCUT2D eigenvalue weighted by atomic mass is 10.1. The Bertz CT molecular complexity index is 336. The van der Waals surface area contributed by atoms with Gasteiger partial charge in [0.25, 0.3) is 0 Å². The number of nitrogens with zero attached hydrogens (tertiary/aromatic N) is 1. The van der Waals surface area contributed by atoms with Gasteiger partial charge in [-0.25, -0.2) is 0 Å². The number of aliphatic hydroxyl groups excluding tert-OH is 1. The highest BCUT2D eigenvalue weighted by molar-refractivity contribution is 6.31. The molecule has 0 aliphatic carbocycles. The summed E-state index contributed by atoms with van der Waals surface area (Å²) in [6.45, 7) is 1.62. The highest BCUT2D eigenvalue weighted by Gasteiger charge is 2.18. The molecule has 0 aromatic heterocycles. The van der Waals surface area contributed by atoms with E-state index in [1.54, 1.807) is 6.07 Å². The SMILES string of the molecule is Nc1cc(Cl)cc(N2CCCC(O)C2)c1. The Hall–Kier alpha value is -0.930. The number of nitrogens with two attached hydrogens (primary N) is 1. The second kappa shape index (κ2) is 4.29. The van der Waals surface area contributed by atoms with Crippen LogP contribution in [-0.4, -0.2) is 24.3 Å². The van der Waals surface area contributed by atoms with Crippen molar-refractivity contribution < 1.29 is 5.11 Å². The minimum atomic E-state index is -0.237. The van der Waals surface area contributed by atoms with Gasteiger partial charge in [0.1, 0.15) is 0 Å². The number of piperidine rings is 1. The minimum Gasteiger partial charge on any atom is -0.399 e. The number of β-amino-alcohol motifs (C(OH)–C–C–N with tert-alkyl or cyclic N) is 1. The van der Waals surface area contributed by atoms with E-state index >= 15 is 0 Å². The van der Waals surface area contributed by atoms with Crippen molar-refractivity contribution in [2.45, 2.75) is 18.9 Å². The van der Waals surface area contributed by atoms with Crippen molar-refractivity contribution in [3.8, 4) is 0 Å². The number of nitrogen functional groups attached to an aromatic ring is 1. The van der Waals surface area contributed by atoms with Gasteiger partial charge in [0.15, 0.2) is 0 Å². The summed E-state index contributed by atoms with van der Waals surface area (Å²) in [5, 5.41) is 10.2. The van der Waals surface area contributed by atoms with E-state index in [4.69, 9.17) is 17.3 Å². The van der Waals surface area contributed by atoms with Gasteiger partial charge in [0.2, 0.25) is 0 Å². The van der Waals surface area contributed by atoms with Crippen molar-refractivity contribution in [1.82, 2.24) is 0 Å². The fraction of sp³-hybridized carbons (Fsp3) is 0.455. The summed E-state index contributed by atoms with van der Waals surface area (Å²) in [7, 11) is 0. The van der Waals surface area contributed by atoms with E-state index < -0.39 is 0 Å². The average molecular weight is 227 g/mol. The molecular formula is C11H15ClN2O. The number of hydrogen-bond donors (Lipinski definition) is 2. The molecule has 0 amide bonds. The van der Waals surface area contributed by atoms with E-state index in [-0.39, 0.29) is 6.10 Å². The van der Waals surface area contributed by atoms with Crippen LogP contribution in [0.3, 0.4) is 0 Å². The fourth-order valence-corrected chi connectivity index (χ4v) is 2.21. The first kappa shape index (κ1) is 10.6. The smallest absolute Gasteiger partial charge is 0.0715 e. The molecule has 0 bridgehead atoms. The maximum absolute atomic E-state index is 9.57. The van der Waals surface area contributed by atoms with Crippen molar-refractivity contribution in [3.05, 3.63) is 23.2 Å². The predicted octanol–water partition coefficient (Wildman–Crippen LogP) is 1.88. The lowest BCUT2D eigenvalue weighted by Crippen LogP contribution is -2.38. The first-order chi connectivity index (χ1) is 7.15. The number of anilines is 2. The number of benzene rings is 1. The van der Waals surface area contributed by atoms with Gasteiger partial charge in [-0.05, 0) is 31.0 Å². The first-order valence-corrected chi connectivity index (χ1v) is 5.52. The van der Waals surface area contributed by atoms with Crippen LogP contribution < -0.4 is 10.6 Å². The summed E-state index contributed by atoms with van der Waals surface area (Å²) < 4.78 is 0. The molecular weight excluding hydrogens is 212 g/mol. The predicted molar refractivity (Wildman–Crippen MR) is 63.3 cm³/mol.